The Bertz CT molecular complexity index is 305. The lowest BCUT2D eigenvalue weighted by atomic mass is 9.81. The minimum atomic E-state index is -0.286. The first-order valence-electron chi connectivity index (χ1n) is 4.39. The lowest BCUT2D eigenvalue weighted by molar-refractivity contribution is -0.128. The number of halogens is 2. The first kappa shape index (κ1) is 9.30. The molecule has 0 spiro atoms. The Morgan fingerprint density at radius 2 is 1.43 bits per heavy atom. The van der Waals surface area contributed by atoms with Crippen LogP contribution in [0.1, 0.15) is 0 Å². The Labute approximate surface area is 97.0 Å². The fourth-order valence-electron chi connectivity index (χ4n) is 2.58. The van der Waals surface area contributed by atoms with Crippen LogP contribution in [0.25, 0.3) is 0 Å². The van der Waals surface area contributed by atoms with Gasteiger partial charge in [0.15, 0.2) is 0 Å². The van der Waals surface area contributed by atoms with Crippen molar-refractivity contribution in [3.8, 4) is 0 Å². The molecule has 0 radical (unpaired) electrons. The van der Waals surface area contributed by atoms with E-state index in [0.29, 0.717) is 0 Å². The highest BCUT2D eigenvalue weighted by Crippen LogP contribution is 2.51. The second-order valence-corrected chi connectivity index (χ2v) is 5.97. The van der Waals surface area contributed by atoms with Gasteiger partial charge in [0.2, 0.25) is 11.8 Å². The summed E-state index contributed by atoms with van der Waals surface area (Å²) in [4.78, 5) is 23.2. The maximum absolute atomic E-state index is 11.5. The molecule has 3 heterocycles. The summed E-state index contributed by atoms with van der Waals surface area (Å²) in [5.74, 6) is -0.941. The molecule has 3 aliphatic heterocycles. The number of carbonyl (C=O) groups is 2. The molecule has 0 aromatic rings. The van der Waals surface area contributed by atoms with Crippen LogP contribution in [0.4, 0.5) is 0 Å². The molecule has 76 valence electrons. The minimum Gasteiger partial charge on any atom is -0.371 e. The van der Waals surface area contributed by atoms with E-state index in [1.54, 1.807) is 0 Å². The molecule has 0 aromatic heterocycles. The molecule has 6 heteroatoms. The van der Waals surface area contributed by atoms with Crippen LogP contribution in [0.15, 0.2) is 0 Å². The van der Waals surface area contributed by atoms with E-state index in [-0.39, 0.29) is 45.5 Å². The number of imide groups is 1. The Kier molecular flexibility index (Phi) is 1.86. The molecule has 0 aliphatic carbocycles. The molecule has 6 atom stereocenters. The summed E-state index contributed by atoms with van der Waals surface area (Å²) in [6.45, 7) is 0. The second kappa shape index (κ2) is 2.80. The third-order valence-corrected chi connectivity index (χ3v) is 6.08. The zero-order valence-corrected chi connectivity index (χ0v) is 10.1. The van der Waals surface area contributed by atoms with E-state index in [1.807, 2.05) is 0 Å². The lowest BCUT2D eigenvalue weighted by Gasteiger charge is -2.24. The summed E-state index contributed by atoms with van der Waals surface area (Å²) < 4.78 is 5.63. The highest BCUT2D eigenvalue weighted by Gasteiger charge is 2.65. The molecule has 3 fully saturated rings. The van der Waals surface area contributed by atoms with E-state index in [4.69, 9.17) is 4.74 Å². The van der Waals surface area contributed by atoms with Gasteiger partial charge in [0.1, 0.15) is 0 Å². The summed E-state index contributed by atoms with van der Waals surface area (Å²) >= 11 is 6.96. The highest BCUT2D eigenvalue weighted by atomic mass is 79.9. The van der Waals surface area contributed by atoms with Crippen molar-refractivity contribution in [2.24, 2.45) is 11.8 Å². The Morgan fingerprint density at radius 3 is 1.86 bits per heavy atom. The van der Waals surface area contributed by atoms with Crippen molar-refractivity contribution in [3.05, 3.63) is 0 Å². The SMILES string of the molecule is O=C1NC(=O)[C@H]2[C@H]3O[C@@H]([C@H](Br)[C@@H]3Br)[C@@H]12. The fraction of sp³-hybridized carbons (Fsp3) is 0.750. The molecule has 2 amide bonds. The van der Waals surface area contributed by atoms with Crippen LogP contribution < -0.4 is 5.32 Å². The van der Waals surface area contributed by atoms with Crippen molar-refractivity contribution >= 4 is 43.7 Å². The van der Waals surface area contributed by atoms with Crippen molar-refractivity contribution in [1.29, 1.82) is 0 Å². The number of hydrogen-bond donors (Lipinski definition) is 1. The molecule has 14 heavy (non-hydrogen) atoms. The summed E-state index contributed by atoms with van der Waals surface area (Å²) in [5, 5.41) is 2.36. The van der Waals surface area contributed by atoms with E-state index >= 15 is 0 Å². The second-order valence-electron chi connectivity index (χ2n) is 3.86. The molecule has 2 bridgehead atoms. The van der Waals surface area contributed by atoms with Gasteiger partial charge in [-0.3, -0.25) is 14.9 Å². The number of hydrogen-bond acceptors (Lipinski definition) is 3. The van der Waals surface area contributed by atoms with Crippen LogP contribution in [0.5, 0.6) is 0 Å². The first-order valence-corrected chi connectivity index (χ1v) is 6.22. The topological polar surface area (TPSA) is 55.4 Å². The molecule has 0 aromatic carbocycles. The van der Waals surface area contributed by atoms with E-state index < -0.39 is 0 Å². The van der Waals surface area contributed by atoms with Gasteiger partial charge in [0.05, 0.1) is 33.7 Å². The fourth-order valence-corrected chi connectivity index (χ4v) is 4.09. The monoisotopic (exact) mass is 323 g/mol. The zero-order valence-electron chi connectivity index (χ0n) is 6.94. The van der Waals surface area contributed by atoms with Gasteiger partial charge in [-0.1, -0.05) is 31.9 Å². The Hall–Kier alpha value is 0.0600. The van der Waals surface area contributed by atoms with Gasteiger partial charge in [0, 0.05) is 0 Å². The number of alkyl halides is 2. The standard InChI is InChI=1S/C8H7Br2NO3/c9-3-4(10)6-2-1(5(3)14-6)7(12)11-8(2)13/h1-6H,(H,11,12,13)/t1-,2+,3+,4-,5-,6-/m1/s1. The van der Waals surface area contributed by atoms with E-state index in [0.717, 1.165) is 0 Å². The van der Waals surface area contributed by atoms with Crippen molar-refractivity contribution in [1.82, 2.24) is 5.32 Å². The molecular formula is C8H7Br2NO3. The average molecular weight is 325 g/mol. The van der Waals surface area contributed by atoms with Gasteiger partial charge in [-0.2, -0.15) is 0 Å². The van der Waals surface area contributed by atoms with Crippen LogP contribution in [0.2, 0.25) is 0 Å². The van der Waals surface area contributed by atoms with Gasteiger partial charge >= 0.3 is 0 Å². The predicted molar refractivity (Wildman–Crippen MR) is 54.2 cm³/mol. The number of amides is 2. The van der Waals surface area contributed by atoms with Crippen LogP contribution in [0, 0.1) is 11.8 Å². The molecule has 3 saturated heterocycles. The van der Waals surface area contributed by atoms with E-state index in [2.05, 4.69) is 37.2 Å². The quantitative estimate of drug-likeness (QED) is 0.511. The maximum Gasteiger partial charge on any atom is 0.233 e. The number of nitrogens with one attached hydrogen (secondary N) is 1. The third kappa shape index (κ3) is 0.919. The zero-order chi connectivity index (χ0) is 10.0. The Morgan fingerprint density at radius 1 is 1.00 bits per heavy atom. The van der Waals surface area contributed by atoms with Crippen LogP contribution >= 0.6 is 31.9 Å². The van der Waals surface area contributed by atoms with Crippen LogP contribution in [-0.4, -0.2) is 33.7 Å². The maximum atomic E-state index is 11.5. The van der Waals surface area contributed by atoms with Gasteiger partial charge in [-0.25, -0.2) is 0 Å². The third-order valence-electron chi connectivity index (χ3n) is 3.19. The normalized spacial score (nSPS) is 55.0. The molecule has 3 aliphatic rings. The molecular weight excluding hydrogens is 318 g/mol. The predicted octanol–water partition coefficient (Wildman–Crippen LogP) is 0.183. The van der Waals surface area contributed by atoms with Crippen LogP contribution in [0.3, 0.4) is 0 Å². The average Bonchev–Trinajstić information content (AvgIpc) is 2.71. The van der Waals surface area contributed by atoms with Crippen molar-refractivity contribution in [2.45, 2.75) is 21.9 Å². The summed E-state index contributed by atoms with van der Waals surface area (Å²) in [7, 11) is 0. The number of fused-ring (bicyclic) bond motifs is 5. The van der Waals surface area contributed by atoms with Crippen molar-refractivity contribution in [2.75, 3.05) is 0 Å². The van der Waals surface area contributed by atoms with Crippen molar-refractivity contribution in [3.63, 3.8) is 0 Å². The first-order chi connectivity index (χ1) is 6.61. The lowest BCUT2D eigenvalue weighted by Crippen LogP contribution is -2.42. The Balaban J connectivity index is 2.01. The van der Waals surface area contributed by atoms with Gasteiger partial charge in [-0.05, 0) is 0 Å². The number of rotatable bonds is 0. The molecule has 1 N–H and O–H groups in total. The highest BCUT2D eigenvalue weighted by molar-refractivity contribution is 9.12. The van der Waals surface area contributed by atoms with Gasteiger partial charge in [0.25, 0.3) is 0 Å². The van der Waals surface area contributed by atoms with Gasteiger partial charge < -0.3 is 4.74 Å². The molecule has 0 unspecified atom stereocenters. The molecule has 0 saturated carbocycles. The molecule has 4 nitrogen and oxygen atoms in total. The summed E-state index contributed by atoms with van der Waals surface area (Å²) in [6.07, 6.45) is -0.332. The van der Waals surface area contributed by atoms with E-state index in [9.17, 15) is 9.59 Å². The smallest absolute Gasteiger partial charge is 0.233 e. The minimum absolute atomic E-state index is 0.116. The molecule has 3 rings (SSSR count). The number of carbonyl (C=O) groups excluding carboxylic acids is 2. The van der Waals surface area contributed by atoms with E-state index in [1.165, 1.54) is 0 Å². The summed E-state index contributed by atoms with van der Waals surface area (Å²) in [5.41, 5.74) is 0. The van der Waals surface area contributed by atoms with Gasteiger partial charge in [-0.15, -0.1) is 0 Å². The van der Waals surface area contributed by atoms with Crippen molar-refractivity contribution < 1.29 is 14.3 Å². The number of ether oxygens (including phenoxy) is 1. The van der Waals surface area contributed by atoms with Crippen LogP contribution in [-0.2, 0) is 14.3 Å². The summed E-state index contributed by atoms with van der Waals surface area (Å²) in [6, 6.07) is 0. The largest absolute Gasteiger partial charge is 0.371 e.